The molecule has 0 spiro atoms. The van der Waals surface area contributed by atoms with Gasteiger partial charge >= 0.3 is 0 Å². The Balaban J connectivity index is 1.71. The van der Waals surface area contributed by atoms with Gasteiger partial charge in [-0.15, -0.1) is 11.3 Å². The van der Waals surface area contributed by atoms with Crippen LogP contribution in [0.15, 0.2) is 41.8 Å². The van der Waals surface area contributed by atoms with E-state index in [1.165, 1.54) is 0 Å². The van der Waals surface area contributed by atoms with Gasteiger partial charge in [-0.05, 0) is 48.9 Å². The third-order valence-corrected chi connectivity index (χ3v) is 5.29. The Kier molecular flexibility index (Phi) is 4.81. The lowest BCUT2D eigenvalue weighted by Gasteiger charge is -2.26. The molecule has 1 aliphatic heterocycles. The molecule has 0 saturated carbocycles. The molecule has 116 valence electrons. The summed E-state index contributed by atoms with van der Waals surface area (Å²) in [5, 5.41) is 12.9. The molecular formula is C17H18ClNO2S. The van der Waals surface area contributed by atoms with E-state index in [0.29, 0.717) is 17.0 Å². The monoisotopic (exact) mass is 335 g/mol. The fourth-order valence-corrected chi connectivity index (χ4v) is 3.91. The molecule has 0 radical (unpaired) electrons. The molecule has 1 amide bonds. The highest BCUT2D eigenvalue weighted by Gasteiger charge is 2.31. The molecule has 2 heterocycles. The second-order valence-corrected chi connectivity index (χ2v) is 6.99. The SMILES string of the molecule is O=C(c1cccc(Cl)c1)N1CCC[C@H]1C[C@@H](O)c1cccs1. The lowest BCUT2D eigenvalue weighted by atomic mass is 10.0. The van der Waals surface area contributed by atoms with Crippen molar-refractivity contribution in [2.75, 3.05) is 6.54 Å². The minimum Gasteiger partial charge on any atom is -0.387 e. The Bertz CT molecular complexity index is 644. The standard InChI is InChI=1S/C17H18ClNO2S/c18-13-5-1-4-12(10-13)17(21)19-8-2-6-14(19)11-15(20)16-7-3-9-22-16/h1,3-5,7,9-10,14-15,20H,2,6,8,11H2/t14-,15+/m0/s1. The number of aliphatic hydroxyl groups is 1. The van der Waals surface area contributed by atoms with Gasteiger partial charge in [0.15, 0.2) is 0 Å². The number of thiophene rings is 1. The summed E-state index contributed by atoms with van der Waals surface area (Å²) >= 11 is 7.53. The number of hydrogen-bond acceptors (Lipinski definition) is 3. The number of rotatable bonds is 4. The molecule has 1 aromatic heterocycles. The van der Waals surface area contributed by atoms with Crippen LogP contribution >= 0.6 is 22.9 Å². The van der Waals surface area contributed by atoms with E-state index in [4.69, 9.17) is 11.6 Å². The summed E-state index contributed by atoms with van der Waals surface area (Å²) in [4.78, 5) is 15.5. The molecule has 5 heteroatoms. The van der Waals surface area contributed by atoms with Gasteiger partial charge < -0.3 is 10.0 Å². The van der Waals surface area contributed by atoms with E-state index in [9.17, 15) is 9.90 Å². The van der Waals surface area contributed by atoms with Crippen molar-refractivity contribution in [3.8, 4) is 0 Å². The minimum absolute atomic E-state index is 0.00313. The average molecular weight is 336 g/mol. The molecule has 1 aliphatic rings. The molecule has 1 saturated heterocycles. The minimum atomic E-state index is -0.502. The van der Waals surface area contributed by atoms with Crippen LogP contribution < -0.4 is 0 Å². The predicted octanol–water partition coefficient (Wildman–Crippen LogP) is 4.13. The van der Waals surface area contributed by atoms with E-state index in [1.54, 1.807) is 35.6 Å². The first kappa shape index (κ1) is 15.5. The van der Waals surface area contributed by atoms with Crippen molar-refractivity contribution in [3.05, 3.63) is 57.2 Å². The van der Waals surface area contributed by atoms with E-state index in [1.807, 2.05) is 22.4 Å². The molecule has 1 N–H and O–H groups in total. The fourth-order valence-electron chi connectivity index (χ4n) is 2.99. The maximum absolute atomic E-state index is 12.7. The maximum Gasteiger partial charge on any atom is 0.254 e. The lowest BCUT2D eigenvalue weighted by molar-refractivity contribution is 0.0670. The fraction of sp³-hybridized carbons (Fsp3) is 0.353. The maximum atomic E-state index is 12.7. The molecule has 1 aromatic carbocycles. The molecular weight excluding hydrogens is 318 g/mol. The zero-order valence-electron chi connectivity index (χ0n) is 12.1. The zero-order chi connectivity index (χ0) is 15.5. The topological polar surface area (TPSA) is 40.5 Å². The average Bonchev–Trinajstić information content (AvgIpc) is 3.18. The highest BCUT2D eigenvalue weighted by atomic mass is 35.5. The Morgan fingerprint density at radius 3 is 3.00 bits per heavy atom. The third kappa shape index (κ3) is 3.35. The number of carbonyl (C=O) groups is 1. The van der Waals surface area contributed by atoms with Gasteiger partial charge in [0.25, 0.3) is 5.91 Å². The highest BCUT2D eigenvalue weighted by molar-refractivity contribution is 7.10. The van der Waals surface area contributed by atoms with Gasteiger partial charge in [-0.2, -0.15) is 0 Å². The number of likely N-dealkylation sites (tertiary alicyclic amines) is 1. The van der Waals surface area contributed by atoms with Gasteiger partial charge in [0.1, 0.15) is 0 Å². The van der Waals surface area contributed by atoms with Crippen LogP contribution in [0.4, 0.5) is 0 Å². The van der Waals surface area contributed by atoms with Crippen LogP contribution in [-0.2, 0) is 0 Å². The quantitative estimate of drug-likeness (QED) is 0.912. The van der Waals surface area contributed by atoms with E-state index in [2.05, 4.69) is 0 Å². The first-order valence-corrected chi connectivity index (χ1v) is 8.69. The second-order valence-electron chi connectivity index (χ2n) is 5.57. The zero-order valence-corrected chi connectivity index (χ0v) is 13.7. The summed E-state index contributed by atoms with van der Waals surface area (Å²) in [6, 6.07) is 11.0. The van der Waals surface area contributed by atoms with Gasteiger partial charge in [-0.3, -0.25) is 4.79 Å². The Morgan fingerprint density at radius 2 is 2.27 bits per heavy atom. The molecule has 0 bridgehead atoms. The summed E-state index contributed by atoms with van der Waals surface area (Å²) in [6.07, 6.45) is 2.01. The smallest absolute Gasteiger partial charge is 0.254 e. The molecule has 2 aromatic rings. The van der Waals surface area contributed by atoms with Crippen molar-refractivity contribution in [1.82, 2.24) is 4.90 Å². The number of aliphatic hydroxyl groups excluding tert-OH is 1. The van der Waals surface area contributed by atoms with Crippen molar-refractivity contribution in [1.29, 1.82) is 0 Å². The van der Waals surface area contributed by atoms with Crippen LogP contribution in [0.3, 0.4) is 0 Å². The first-order valence-electron chi connectivity index (χ1n) is 7.43. The van der Waals surface area contributed by atoms with E-state index in [0.717, 1.165) is 24.3 Å². The summed E-state index contributed by atoms with van der Waals surface area (Å²) in [5.74, 6) is 0.00313. The summed E-state index contributed by atoms with van der Waals surface area (Å²) in [7, 11) is 0. The van der Waals surface area contributed by atoms with Crippen LogP contribution in [-0.4, -0.2) is 28.5 Å². The van der Waals surface area contributed by atoms with Crippen molar-refractivity contribution in [2.45, 2.75) is 31.4 Å². The number of halogens is 1. The Morgan fingerprint density at radius 1 is 1.41 bits per heavy atom. The Labute approximate surface area is 139 Å². The highest BCUT2D eigenvalue weighted by Crippen LogP contribution is 2.30. The predicted molar refractivity (Wildman–Crippen MR) is 89.4 cm³/mol. The number of hydrogen-bond donors (Lipinski definition) is 1. The van der Waals surface area contributed by atoms with Crippen molar-refractivity contribution >= 4 is 28.8 Å². The molecule has 3 nitrogen and oxygen atoms in total. The van der Waals surface area contributed by atoms with Crippen molar-refractivity contribution in [2.24, 2.45) is 0 Å². The molecule has 22 heavy (non-hydrogen) atoms. The summed E-state index contributed by atoms with van der Waals surface area (Å²) in [6.45, 7) is 0.743. The van der Waals surface area contributed by atoms with E-state index in [-0.39, 0.29) is 11.9 Å². The number of carbonyl (C=O) groups excluding carboxylic acids is 1. The van der Waals surface area contributed by atoms with Gasteiger partial charge in [-0.25, -0.2) is 0 Å². The number of amides is 1. The van der Waals surface area contributed by atoms with Gasteiger partial charge in [0, 0.05) is 28.0 Å². The molecule has 1 fully saturated rings. The van der Waals surface area contributed by atoms with Gasteiger partial charge in [0.2, 0.25) is 0 Å². The van der Waals surface area contributed by atoms with E-state index >= 15 is 0 Å². The number of benzene rings is 1. The lowest BCUT2D eigenvalue weighted by Crippen LogP contribution is -2.36. The van der Waals surface area contributed by atoms with Crippen LogP contribution in [0.1, 0.15) is 40.6 Å². The first-order chi connectivity index (χ1) is 10.6. The Hall–Kier alpha value is -1.36. The number of nitrogens with zero attached hydrogens (tertiary/aromatic N) is 1. The van der Waals surface area contributed by atoms with Crippen LogP contribution in [0.25, 0.3) is 0 Å². The summed E-state index contributed by atoms with van der Waals surface area (Å²) in [5.41, 5.74) is 0.616. The van der Waals surface area contributed by atoms with Crippen molar-refractivity contribution < 1.29 is 9.90 Å². The molecule has 3 rings (SSSR count). The normalized spacial score (nSPS) is 19.4. The van der Waals surface area contributed by atoms with Gasteiger partial charge in [-0.1, -0.05) is 23.7 Å². The van der Waals surface area contributed by atoms with Crippen LogP contribution in [0.5, 0.6) is 0 Å². The third-order valence-electron chi connectivity index (χ3n) is 4.08. The van der Waals surface area contributed by atoms with Crippen molar-refractivity contribution in [3.63, 3.8) is 0 Å². The van der Waals surface area contributed by atoms with E-state index < -0.39 is 6.10 Å². The second kappa shape index (κ2) is 6.82. The van der Waals surface area contributed by atoms with Gasteiger partial charge in [0.05, 0.1) is 6.10 Å². The molecule has 0 aliphatic carbocycles. The van der Waals surface area contributed by atoms with Crippen LogP contribution in [0, 0.1) is 0 Å². The molecule has 2 atom stereocenters. The van der Waals surface area contributed by atoms with Crippen LogP contribution in [0.2, 0.25) is 5.02 Å². The molecule has 0 unspecified atom stereocenters. The largest absolute Gasteiger partial charge is 0.387 e. The summed E-state index contributed by atoms with van der Waals surface area (Å²) < 4.78 is 0.